The van der Waals surface area contributed by atoms with Gasteiger partial charge in [0.15, 0.2) is 17.1 Å². The zero-order valence-corrected chi connectivity index (χ0v) is 18.2. The molecule has 0 bridgehead atoms. The van der Waals surface area contributed by atoms with Crippen LogP contribution in [-0.2, 0) is 11.3 Å². The lowest BCUT2D eigenvalue weighted by atomic mass is 10.3. The third-order valence-corrected chi connectivity index (χ3v) is 5.67. The summed E-state index contributed by atoms with van der Waals surface area (Å²) in [6.07, 6.45) is -0.334. The van der Waals surface area contributed by atoms with Crippen LogP contribution in [0.5, 0.6) is 5.75 Å². The molecule has 0 aliphatic carbocycles. The molecule has 0 N–H and O–H groups in total. The average Bonchev–Trinajstić information content (AvgIpc) is 3.16. The summed E-state index contributed by atoms with van der Waals surface area (Å²) in [5, 5.41) is 9.80. The van der Waals surface area contributed by atoms with Gasteiger partial charge in [-0.05, 0) is 38.1 Å². The summed E-state index contributed by atoms with van der Waals surface area (Å²) in [6.45, 7) is 4.59. The first-order valence-electron chi connectivity index (χ1n) is 9.30. The van der Waals surface area contributed by atoms with Crippen molar-refractivity contribution < 1.29 is 9.53 Å². The predicted molar refractivity (Wildman–Crippen MR) is 117 cm³/mol. The smallest absolute Gasteiger partial charge is 0.237 e. The Bertz CT molecular complexity index is 964. The highest BCUT2D eigenvalue weighted by Gasteiger charge is 2.21. The monoisotopic (exact) mass is 430 g/mol. The Morgan fingerprint density at radius 3 is 2.55 bits per heavy atom. The Morgan fingerprint density at radius 2 is 1.86 bits per heavy atom. The number of halogens is 1. The molecule has 2 aromatic carbocycles. The number of carbonyl (C=O) groups is 1. The van der Waals surface area contributed by atoms with Gasteiger partial charge >= 0.3 is 0 Å². The molecule has 0 saturated heterocycles. The molecule has 0 saturated carbocycles. The van der Waals surface area contributed by atoms with Crippen LogP contribution in [0.25, 0.3) is 0 Å². The molecule has 0 aliphatic rings. The third-order valence-electron chi connectivity index (χ3n) is 4.41. The number of carbonyl (C=O) groups excluding carboxylic acids is 1. The van der Waals surface area contributed by atoms with Crippen LogP contribution in [0, 0.1) is 0 Å². The van der Waals surface area contributed by atoms with Crippen LogP contribution in [0.15, 0.2) is 59.8 Å². The van der Waals surface area contributed by atoms with Crippen molar-refractivity contribution in [1.29, 1.82) is 0 Å². The maximum atomic E-state index is 12.5. The van der Waals surface area contributed by atoms with E-state index in [2.05, 4.69) is 10.2 Å². The predicted octanol–water partition coefficient (Wildman–Crippen LogP) is 4.85. The number of aromatic nitrogens is 3. The Hall–Kier alpha value is -2.51. The minimum atomic E-state index is -0.334. The molecule has 8 heteroatoms. The number of hydrogen-bond acceptors (Lipinski definition) is 5. The first-order valence-corrected chi connectivity index (χ1v) is 10.7. The number of rotatable bonds is 8. The maximum absolute atomic E-state index is 12.5. The van der Waals surface area contributed by atoms with E-state index in [1.807, 2.05) is 66.9 Å². The second-order valence-corrected chi connectivity index (χ2v) is 7.70. The summed E-state index contributed by atoms with van der Waals surface area (Å²) >= 11 is 7.55. The summed E-state index contributed by atoms with van der Waals surface area (Å²) in [5.41, 5.74) is 0.859. The molecular formula is C21H23ClN4O2S. The van der Waals surface area contributed by atoms with E-state index in [-0.39, 0.29) is 17.8 Å². The Labute approximate surface area is 179 Å². The van der Waals surface area contributed by atoms with E-state index in [4.69, 9.17) is 16.3 Å². The van der Waals surface area contributed by atoms with Crippen LogP contribution in [0.4, 0.5) is 5.69 Å². The first kappa shape index (κ1) is 21.2. The molecule has 6 nitrogen and oxygen atoms in total. The quantitative estimate of drug-likeness (QED) is 0.478. The van der Waals surface area contributed by atoms with E-state index < -0.39 is 0 Å². The number of thioether (sulfide) groups is 1. The van der Waals surface area contributed by atoms with E-state index >= 15 is 0 Å². The lowest BCUT2D eigenvalue weighted by molar-refractivity contribution is -0.115. The van der Waals surface area contributed by atoms with Crippen molar-refractivity contribution in [2.75, 3.05) is 17.7 Å². The van der Waals surface area contributed by atoms with Crippen LogP contribution in [0.1, 0.15) is 25.8 Å². The molecule has 0 aliphatic heterocycles. The number of para-hydroxylation sites is 2. The standard InChI is InChI=1S/C21H23ClN4O2S/c1-4-26-20(15(2)28-18-13-9-8-12-17(18)22)23-24-21(26)29-14-19(27)25(3)16-10-6-5-7-11-16/h5-13,15H,4,14H2,1-3H3. The van der Waals surface area contributed by atoms with Crippen molar-refractivity contribution in [2.24, 2.45) is 0 Å². The van der Waals surface area contributed by atoms with Crippen LogP contribution in [0.2, 0.25) is 5.02 Å². The SMILES string of the molecule is CCn1c(SCC(=O)N(C)c2ccccc2)nnc1C(C)Oc1ccccc1Cl. The second-order valence-electron chi connectivity index (χ2n) is 6.35. The van der Waals surface area contributed by atoms with E-state index in [0.29, 0.717) is 28.3 Å². The maximum Gasteiger partial charge on any atom is 0.237 e. The van der Waals surface area contributed by atoms with Crippen LogP contribution >= 0.6 is 23.4 Å². The highest BCUT2D eigenvalue weighted by molar-refractivity contribution is 7.99. The van der Waals surface area contributed by atoms with E-state index in [9.17, 15) is 4.79 Å². The minimum absolute atomic E-state index is 0.00577. The van der Waals surface area contributed by atoms with Gasteiger partial charge < -0.3 is 14.2 Å². The first-order chi connectivity index (χ1) is 14.0. The zero-order valence-electron chi connectivity index (χ0n) is 16.6. The molecular weight excluding hydrogens is 408 g/mol. The lowest BCUT2D eigenvalue weighted by Gasteiger charge is -2.18. The van der Waals surface area contributed by atoms with Crippen LogP contribution in [-0.4, -0.2) is 33.5 Å². The fourth-order valence-corrected chi connectivity index (χ4v) is 3.91. The van der Waals surface area contributed by atoms with Gasteiger partial charge in [-0.1, -0.05) is 53.7 Å². The normalized spacial score (nSPS) is 11.9. The largest absolute Gasteiger partial charge is 0.481 e. The molecule has 1 unspecified atom stereocenters. The lowest BCUT2D eigenvalue weighted by Crippen LogP contribution is -2.28. The summed E-state index contributed by atoms with van der Waals surface area (Å²) in [4.78, 5) is 14.2. The molecule has 29 heavy (non-hydrogen) atoms. The third kappa shape index (κ3) is 5.10. The van der Waals surface area contributed by atoms with Crippen LogP contribution in [0.3, 0.4) is 0 Å². The Balaban J connectivity index is 1.67. The molecule has 1 heterocycles. The zero-order chi connectivity index (χ0) is 20.8. The molecule has 1 amide bonds. The van der Waals surface area contributed by atoms with Gasteiger partial charge in [0.25, 0.3) is 0 Å². The fourth-order valence-electron chi connectivity index (χ4n) is 2.81. The highest BCUT2D eigenvalue weighted by Crippen LogP contribution is 2.29. The fraction of sp³-hybridized carbons (Fsp3) is 0.286. The number of benzene rings is 2. The summed E-state index contributed by atoms with van der Waals surface area (Å²) in [5.74, 6) is 1.55. The molecule has 3 rings (SSSR count). The number of ether oxygens (including phenoxy) is 1. The molecule has 0 fully saturated rings. The summed E-state index contributed by atoms with van der Waals surface area (Å²) in [7, 11) is 1.77. The number of anilines is 1. The summed E-state index contributed by atoms with van der Waals surface area (Å²) < 4.78 is 7.93. The van der Waals surface area contributed by atoms with Crippen molar-refractivity contribution in [3.8, 4) is 5.75 Å². The van der Waals surface area contributed by atoms with Crippen molar-refractivity contribution in [3.05, 3.63) is 65.4 Å². The van der Waals surface area contributed by atoms with E-state index in [1.165, 1.54) is 11.8 Å². The average molecular weight is 431 g/mol. The second kappa shape index (κ2) is 9.80. The Morgan fingerprint density at radius 1 is 1.17 bits per heavy atom. The van der Waals surface area contributed by atoms with Crippen molar-refractivity contribution >= 4 is 35.0 Å². The van der Waals surface area contributed by atoms with Gasteiger partial charge in [-0.25, -0.2) is 0 Å². The van der Waals surface area contributed by atoms with Crippen molar-refractivity contribution in [2.45, 2.75) is 31.7 Å². The van der Waals surface area contributed by atoms with Gasteiger partial charge in [0.05, 0.1) is 10.8 Å². The highest BCUT2D eigenvalue weighted by atomic mass is 35.5. The number of nitrogens with zero attached hydrogens (tertiary/aromatic N) is 4. The minimum Gasteiger partial charge on any atom is -0.481 e. The number of amides is 1. The van der Waals surface area contributed by atoms with Gasteiger partial charge in [-0.3, -0.25) is 4.79 Å². The van der Waals surface area contributed by atoms with Gasteiger partial charge in [0.2, 0.25) is 5.91 Å². The molecule has 0 radical (unpaired) electrons. The number of hydrogen-bond donors (Lipinski definition) is 0. The Kier molecular flexibility index (Phi) is 7.17. The topological polar surface area (TPSA) is 60.2 Å². The van der Waals surface area contributed by atoms with Crippen molar-refractivity contribution in [1.82, 2.24) is 14.8 Å². The van der Waals surface area contributed by atoms with Gasteiger partial charge in [-0.15, -0.1) is 10.2 Å². The molecule has 3 aromatic rings. The molecule has 152 valence electrons. The summed E-state index contributed by atoms with van der Waals surface area (Å²) in [6, 6.07) is 16.9. The van der Waals surface area contributed by atoms with Gasteiger partial charge in [0, 0.05) is 19.3 Å². The molecule has 1 atom stereocenters. The van der Waals surface area contributed by atoms with Gasteiger partial charge in [-0.2, -0.15) is 0 Å². The van der Waals surface area contributed by atoms with Crippen molar-refractivity contribution in [3.63, 3.8) is 0 Å². The van der Waals surface area contributed by atoms with Crippen LogP contribution < -0.4 is 9.64 Å². The van der Waals surface area contributed by atoms with Gasteiger partial charge in [0.1, 0.15) is 5.75 Å². The van der Waals surface area contributed by atoms with E-state index in [1.54, 1.807) is 18.0 Å². The van der Waals surface area contributed by atoms with E-state index in [0.717, 1.165) is 5.69 Å². The molecule has 0 spiro atoms. The molecule has 1 aromatic heterocycles.